The molecule has 110 valence electrons. The van der Waals surface area contributed by atoms with Crippen LogP contribution < -0.4 is 5.32 Å². The van der Waals surface area contributed by atoms with E-state index < -0.39 is 0 Å². The Labute approximate surface area is 128 Å². The molecule has 1 aromatic carbocycles. The lowest BCUT2D eigenvalue weighted by atomic mass is 10.0. The third-order valence-electron chi connectivity index (χ3n) is 3.53. The number of hydrogen-bond donors (Lipinski definition) is 2. The summed E-state index contributed by atoms with van der Waals surface area (Å²) < 4.78 is 0. The van der Waals surface area contributed by atoms with Crippen molar-refractivity contribution in [1.29, 1.82) is 0 Å². The maximum absolute atomic E-state index is 12.1. The number of nitrogens with one attached hydrogen (secondary N) is 1. The smallest absolute Gasteiger partial charge is 0.317 e. The monoisotopic (exact) mass is 316 g/mol. The fraction of sp³-hybridized carbons (Fsp3) is 0.500. The van der Waals surface area contributed by atoms with Gasteiger partial charge in [0.2, 0.25) is 0 Å². The van der Waals surface area contributed by atoms with Crippen molar-refractivity contribution in [3.8, 4) is 0 Å². The molecule has 1 aliphatic rings. The van der Waals surface area contributed by atoms with Crippen LogP contribution in [0.1, 0.15) is 24.8 Å². The van der Waals surface area contributed by atoms with E-state index in [-0.39, 0.29) is 18.7 Å². The predicted octanol–water partition coefficient (Wildman–Crippen LogP) is 3.05. The number of carbonyl (C=O) groups excluding carboxylic acids is 1. The van der Waals surface area contributed by atoms with Crippen LogP contribution in [-0.4, -0.2) is 35.2 Å². The summed E-state index contributed by atoms with van der Waals surface area (Å²) in [6.45, 7) is 1.10. The van der Waals surface area contributed by atoms with Gasteiger partial charge in [-0.2, -0.15) is 0 Å². The molecular formula is C14H18Cl2N2O2. The van der Waals surface area contributed by atoms with E-state index in [1.807, 2.05) is 6.07 Å². The van der Waals surface area contributed by atoms with Gasteiger partial charge in [0.15, 0.2) is 0 Å². The minimum Gasteiger partial charge on any atom is -0.394 e. The second kappa shape index (κ2) is 7.16. The molecule has 4 nitrogen and oxygen atoms in total. The van der Waals surface area contributed by atoms with Gasteiger partial charge in [-0.15, -0.1) is 0 Å². The Morgan fingerprint density at radius 1 is 1.35 bits per heavy atom. The van der Waals surface area contributed by atoms with Crippen molar-refractivity contribution in [1.82, 2.24) is 10.2 Å². The molecule has 0 spiro atoms. The number of halogens is 2. The zero-order valence-electron chi connectivity index (χ0n) is 11.1. The topological polar surface area (TPSA) is 52.6 Å². The van der Waals surface area contributed by atoms with Crippen LogP contribution in [0.4, 0.5) is 4.79 Å². The minimum absolute atomic E-state index is 0.0141. The summed E-state index contributed by atoms with van der Waals surface area (Å²) >= 11 is 11.8. The van der Waals surface area contributed by atoms with Gasteiger partial charge in [-0.3, -0.25) is 0 Å². The number of hydrogen-bond acceptors (Lipinski definition) is 2. The van der Waals surface area contributed by atoms with Crippen molar-refractivity contribution >= 4 is 29.2 Å². The molecule has 0 saturated carbocycles. The average molecular weight is 317 g/mol. The molecule has 0 unspecified atom stereocenters. The Bertz CT molecular complexity index is 482. The van der Waals surface area contributed by atoms with Gasteiger partial charge in [-0.1, -0.05) is 29.3 Å². The molecule has 0 aromatic heterocycles. The quantitative estimate of drug-likeness (QED) is 0.900. The number of amides is 2. The van der Waals surface area contributed by atoms with Crippen molar-refractivity contribution in [3.63, 3.8) is 0 Å². The SMILES string of the molecule is O=C(NCc1ccc(Cl)c(Cl)c1)N1CCCC[C@@H]1CO. The number of carbonyl (C=O) groups is 1. The fourth-order valence-corrected chi connectivity index (χ4v) is 2.71. The maximum Gasteiger partial charge on any atom is 0.317 e. The van der Waals surface area contributed by atoms with E-state index in [9.17, 15) is 9.90 Å². The molecule has 1 atom stereocenters. The van der Waals surface area contributed by atoms with Crippen molar-refractivity contribution in [2.24, 2.45) is 0 Å². The lowest BCUT2D eigenvalue weighted by molar-refractivity contribution is 0.108. The Kier molecular flexibility index (Phi) is 5.52. The van der Waals surface area contributed by atoms with Gasteiger partial charge in [-0.25, -0.2) is 4.79 Å². The Morgan fingerprint density at radius 3 is 2.85 bits per heavy atom. The van der Waals surface area contributed by atoms with Gasteiger partial charge in [0.1, 0.15) is 0 Å². The molecule has 1 heterocycles. The van der Waals surface area contributed by atoms with Crippen LogP contribution in [0.25, 0.3) is 0 Å². The van der Waals surface area contributed by atoms with E-state index >= 15 is 0 Å². The van der Waals surface area contributed by atoms with E-state index in [0.717, 1.165) is 24.8 Å². The van der Waals surface area contributed by atoms with Gasteiger partial charge in [-0.05, 0) is 37.0 Å². The van der Waals surface area contributed by atoms with Crippen molar-refractivity contribution in [2.45, 2.75) is 31.8 Å². The number of rotatable bonds is 3. The number of aliphatic hydroxyl groups is 1. The molecule has 1 aliphatic heterocycles. The summed E-state index contributed by atoms with van der Waals surface area (Å²) in [4.78, 5) is 13.8. The fourth-order valence-electron chi connectivity index (χ4n) is 2.39. The third kappa shape index (κ3) is 3.78. The van der Waals surface area contributed by atoms with Crippen molar-refractivity contribution < 1.29 is 9.90 Å². The van der Waals surface area contributed by atoms with Crippen LogP contribution in [0.2, 0.25) is 10.0 Å². The molecule has 2 amide bonds. The van der Waals surface area contributed by atoms with E-state index in [2.05, 4.69) is 5.32 Å². The zero-order valence-corrected chi connectivity index (χ0v) is 12.6. The highest BCUT2D eigenvalue weighted by molar-refractivity contribution is 6.42. The van der Waals surface area contributed by atoms with Gasteiger partial charge in [0, 0.05) is 13.1 Å². The summed E-state index contributed by atoms with van der Waals surface area (Å²) in [6, 6.07) is 5.06. The van der Waals surface area contributed by atoms with Crippen molar-refractivity contribution in [3.05, 3.63) is 33.8 Å². The second-order valence-corrected chi connectivity index (χ2v) is 5.75. The molecule has 1 saturated heterocycles. The van der Waals surface area contributed by atoms with Crippen LogP contribution in [0.15, 0.2) is 18.2 Å². The Hall–Kier alpha value is -0.970. The summed E-state index contributed by atoms with van der Waals surface area (Å²) in [5, 5.41) is 13.1. The first-order chi connectivity index (χ1) is 9.61. The Morgan fingerprint density at radius 2 is 2.15 bits per heavy atom. The largest absolute Gasteiger partial charge is 0.394 e. The number of aliphatic hydroxyl groups excluding tert-OH is 1. The number of likely N-dealkylation sites (tertiary alicyclic amines) is 1. The molecule has 2 rings (SSSR count). The highest BCUT2D eigenvalue weighted by Crippen LogP contribution is 2.22. The normalized spacial score (nSPS) is 18.9. The van der Waals surface area contributed by atoms with Crippen LogP contribution in [0, 0.1) is 0 Å². The Balaban J connectivity index is 1.92. The first kappa shape index (κ1) is 15.4. The lowest BCUT2D eigenvalue weighted by Gasteiger charge is -2.34. The number of benzene rings is 1. The first-order valence-corrected chi connectivity index (χ1v) is 7.46. The standard InChI is InChI=1S/C14H18Cl2N2O2/c15-12-5-4-10(7-13(12)16)8-17-14(20)18-6-2-1-3-11(18)9-19/h4-5,7,11,19H,1-3,6,8-9H2,(H,17,20)/t11-/m1/s1. The van der Waals surface area contributed by atoms with Crippen LogP contribution in [0.3, 0.4) is 0 Å². The number of urea groups is 1. The van der Waals surface area contributed by atoms with E-state index in [1.54, 1.807) is 17.0 Å². The first-order valence-electron chi connectivity index (χ1n) is 6.71. The number of piperidine rings is 1. The average Bonchev–Trinajstić information content (AvgIpc) is 2.48. The minimum atomic E-state index is -0.144. The summed E-state index contributed by atoms with van der Waals surface area (Å²) in [7, 11) is 0. The van der Waals surface area contributed by atoms with Crippen LogP contribution in [0.5, 0.6) is 0 Å². The lowest BCUT2D eigenvalue weighted by Crippen LogP contribution is -2.49. The van der Waals surface area contributed by atoms with Gasteiger partial charge >= 0.3 is 6.03 Å². The third-order valence-corrected chi connectivity index (χ3v) is 4.27. The van der Waals surface area contributed by atoms with E-state index in [4.69, 9.17) is 23.2 Å². The van der Waals surface area contributed by atoms with Gasteiger partial charge in [0.05, 0.1) is 22.7 Å². The highest BCUT2D eigenvalue weighted by atomic mass is 35.5. The van der Waals surface area contributed by atoms with Gasteiger partial charge < -0.3 is 15.3 Å². The van der Waals surface area contributed by atoms with Crippen molar-refractivity contribution in [2.75, 3.05) is 13.2 Å². The molecule has 1 aromatic rings. The van der Waals surface area contributed by atoms with E-state index in [1.165, 1.54) is 0 Å². The molecule has 0 radical (unpaired) electrons. The molecule has 0 bridgehead atoms. The predicted molar refractivity (Wildman–Crippen MR) is 80.1 cm³/mol. The van der Waals surface area contributed by atoms with Crippen LogP contribution in [-0.2, 0) is 6.54 Å². The molecular weight excluding hydrogens is 299 g/mol. The highest BCUT2D eigenvalue weighted by Gasteiger charge is 2.25. The zero-order chi connectivity index (χ0) is 14.5. The van der Waals surface area contributed by atoms with E-state index in [0.29, 0.717) is 23.1 Å². The maximum atomic E-state index is 12.1. The molecule has 1 fully saturated rings. The van der Waals surface area contributed by atoms with Crippen LogP contribution >= 0.6 is 23.2 Å². The summed E-state index contributed by atoms with van der Waals surface area (Å²) in [6.07, 6.45) is 2.90. The second-order valence-electron chi connectivity index (χ2n) is 4.93. The molecule has 20 heavy (non-hydrogen) atoms. The van der Waals surface area contributed by atoms with Gasteiger partial charge in [0.25, 0.3) is 0 Å². The molecule has 2 N–H and O–H groups in total. The molecule has 6 heteroatoms. The molecule has 0 aliphatic carbocycles. The summed E-state index contributed by atoms with van der Waals surface area (Å²) in [5.41, 5.74) is 0.894. The number of nitrogens with zero attached hydrogens (tertiary/aromatic N) is 1. The summed E-state index contributed by atoms with van der Waals surface area (Å²) in [5.74, 6) is 0.